The fraction of sp³-hybridized carbons (Fsp3) is 0.500. The molecule has 2 heteroatoms. The molecule has 2 aliphatic heterocycles. The third kappa shape index (κ3) is 1.23. The van der Waals surface area contributed by atoms with Crippen molar-refractivity contribution in [3.8, 4) is 0 Å². The molecule has 0 N–H and O–H groups in total. The van der Waals surface area contributed by atoms with Crippen molar-refractivity contribution in [2.24, 2.45) is 9.98 Å². The summed E-state index contributed by atoms with van der Waals surface area (Å²) in [5, 5.41) is 0. The molecule has 1 aromatic rings. The molecule has 1 aromatic carbocycles. The quantitative estimate of drug-likeness (QED) is 0.640. The van der Waals surface area contributed by atoms with Crippen molar-refractivity contribution in [2.45, 2.75) is 52.4 Å². The highest BCUT2D eigenvalue weighted by Gasteiger charge is 2.38. The number of hydrogen-bond acceptors (Lipinski definition) is 2. The molecule has 3 rings (SSSR count). The highest BCUT2D eigenvalue weighted by Crippen LogP contribution is 2.48. The highest BCUT2D eigenvalue weighted by molar-refractivity contribution is 6.03. The Balaban J connectivity index is 2.27. The monoisotopic (exact) mass is 240 g/mol. The van der Waals surface area contributed by atoms with E-state index >= 15 is 0 Å². The van der Waals surface area contributed by atoms with Crippen LogP contribution in [0.15, 0.2) is 22.1 Å². The Hall–Kier alpha value is -1.44. The number of nitrogens with zero attached hydrogens (tertiary/aromatic N) is 2. The Morgan fingerprint density at radius 3 is 1.50 bits per heavy atom. The predicted molar refractivity (Wildman–Crippen MR) is 78.0 cm³/mol. The molecular formula is C16H20N2. The smallest absolute Gasteiger partial charge is 0.0692 e. The lowest BCUT2D eigenvalue weighted by Crippen LogP contribution is -2.25. The molecule has 0 spiro atoms. The van der Waals surface area contributed by atoms with Gasteiger partial charge in [0.25, 0.3) is 0 Å². The maximum atomic E-state index is 4.70. The topological polar surface area (TPSA) is 24.7 Å². The number of rotatable bonds is 0. The van der Waals surface area contributed by atoms with E-state index in [2.05, 4.69) is 53.7 Å². The van der Waals surface area contributed by atoms with Crippen LogP contribution in [0.2, 0.25) is 0 Å². The van der Waals surface area contributed by atoms with Gasteiger partial charge < -0.3 is 0 Å². The van der Waals surface area contributed by atoms with Gasteiger partial charge in [-0.05, 0) is 37.1 Å². The van der Waals surface area contributed by atoms with Gasteiger partial charge in [0.2, 0.25) is 0 Å². The summed E-state index contributed by atoms with van der Waals surface area (Å²) in [6.07, 6.45) is 0. The highest BCUT2D eigenvalue weighted by atomic mass is 14.9. The number of aliphatic imine (C=N–C) groups is 2. The minimum Gasteiger partial charge on any atom is -0.257 e. The molecule has 0 atom stereocenters. The second-order valence-electron chi connectivity index (χ2n) is 6.53. The van der Waals surface area contributed by atoms with Crippen LogP contribution in [-0.4, -0.2) is 11.4 Å². The summed E-state index contributed by atoms with van der Waals surface area (Å²) >= 11 is 0. The zero-order valence-corrected chi connectivity index (χ0v) is 12.0. The summed E-state index contributed by atoms with van der Waals surface area (Å²) in [6, 6.07) is 4.48. The third-order valence-corrected chi connectivity index (χ3v) is 4.85. The first-order valence-corrected chi connectivity index (χ1v) is 6.55. The first-order chi connectivity index (χ1) is 8.24. The van der Waals surface area contributed by atoms with Crippen LogP contribution in [0.1, 0.15) is 52.7 Å². The van der Waals surface area contributed by atoms with E-state index in [1.165, 1.54) is 22.6 Å². The van der Waals surface area contributed by atoms with E-state index in [4.69, 9.17) is 9.98 Å². The van der Waals surface area contributed by atoms with Gasteiger partial charge in [-0.15, -0.1) is 0 Å². The Bertz CT molecular complexity index is 565. The van der Waals surface area contributed by atoms with Crippen molar-refractivity contribution in [3.63, 3.8) is 0 Å². The molecule has 0 bridgehead atoms. The van der Waals surface area contributed by atoms with E-state index in [0.717, 1.165) is 11.4 Å². The fourth-order valence-electron chi connectivity index (χ4n) is 2.79. The van der Waals surface area contributed by atoms with Crippen LogP contribution in [0, 0.1) is 0 Å². The molecule has 0 fully saturated rings. The van der Waals surface area contributed by atoms with Gasteiger partial charge in [-0.1, -0.05) is 27.7 Å². The predicted octanol–water partition coefficient (Wildman–Crippen LogP) is 4.45. The molecule has 94 valence electrons. The van der Waals surface area contributed by atoms with E-state index in [1.807, 2.05) is 0 Å². The molecule has 0 saturated heterocycles. The zero-order valence-electron chi connectivity index (χ0n) is 12.0. The van der Waals surface area contributed by atoms with Crippen molar-refractivity contribution in [2.75, 3.05) is 0 Å². The van der Waals surface area contributed by atoms with E-state index in [-0.39, 0.29) is 10.8 Å². The van der Waals surface area contributed by atoms with E-state index in [9.17, 15) is 0 Å². The van der Waals surface area contributed by atoms with Crippen LogP contribution in [0.25, 0.3) is 0 Å². The SMILES string of the molecule is CC1=Nc2cc3c(cc2C1(C)C)C(C)(C)C(C)=N3. The Kier molecular flexibility index (Phi) is 2.01. The molecule has 0 saturated carbocycles. The van der Waals surface area contributed by atoms with Gasteiger partial charge in [-0.25, -0.2) is 0 Å². The molecular weight excluding hydrogens is 220 g/mol. The second kappa shape index (κ2) is 3.11. The fourth-order valence-corrected chi connectivity index (χ4v) is 2.79. The van der Waals surface area contributed by atoms with Crippen LogP contribution in [-0.2, 0) is 10.8 Å². The van der Waals surface area contributed by atoms with E-state index < -0.39 is 0 Å². The van der Waals surface area contributed by atoms with E-state index in [1.54, 1.807) is 0 Å². The second-order valence-corrected chi connectivity index (χ2v) is 6.53. The summed E-state index contributed by atoms with van der Waals surface area (Å²) in [7, 11) is 0. The molecule has 2 heterocycles. The molecule has 18 heavy (non-hydrogen) atoms. The van der Waals surface area contributed by atoms with Crippen LogP contribution in [0.5, 0.6) is 0 Å². The largest absolute Gasteiger partial charge is 0.257 e. The van der Waals surface area contributed by atoms with Gasteiger partial charge in [0.1, 0.15) is 0 Å². The summed E-state index contributed by atoms with van der Waals surface area (Å²) in [5.74, 6) is 0. The Morgan fingerprint density at radius 2 is 1.11 bits per heavy atom. The van der Waals surface area contributed by atoms with Crippen molar-refractivity contribution in [1.29, 1.82) is 0 Å². The minimum absolute atomic E-state index is 0.0525. The number of hydrogen-bond donors (Lipinski definition) is 0. The van der Waals surface area contributed by atoms with Crippen molar-refractivity contribution >= 4 is 22.8 Å². The minimum atomic E-state index is 0.0525. The molecule has 0 unspecified atom stereocenters. The normalized spacial score (nSPS) is 22.3. The van der Waals surface area contributed by atoms with Crippen molar-refractivity contribution in [1.82, 2.24) is 0 Å². The van der Waals surface area contributed by atoms with E-state index in [0.29, 0.717) is 0 Å². The van der Waals surface area contributed by atoms with Gasteiger partial charge in [-0.3, -0.25) is 9.98 Å². The number of fused-ring (bicyclic) bond motifs is 2. The summed E-state index contributed by atoms with van der Waals surface area (Å²) in [5.41, 5.74) is 7.39. The van der Waals surface area contributed by atoms with Gasteiger partial charge in [0.05, 0.1) is 11.4 Å². The van der Waals surface area contributed by atoms with Gasteiger partial charge in [0, 0.05) is 22.3 Å². The molecule has 2 nitrogen and oxygen atoms in total. The number of benzene rings is 1. The summed E-state index contributed by atoms with van der Waals surface area (Å²) < 4.78 is 0. The first-order valence-electron chi connectivity index (χ1n) is 6.55. The Morgan fingerprint density at radius 1 is 0.722 bits per heavy atom. The summed E-state index contributed by atoms with van der Waals surface area (Å²) in [4.78, 5) is 9.41. The molecule has 2 aliphatic rings. The maximum Gasteiger partial charge on any atom is 0.0692 e. The molecule has 0 aromatic heterocycles. The van der Waals surface area contributed by atoms with Crippen LogP contribution < -0.4 is 0 Å². The first kappa shape index (κ1) is 11.6. The lowest BCUT2D eigenvalue weighted by molar-refractivity contribution is 0.709. The molecule has 0 aliphatic carbocycles. The maximum absolute atomic E-state index is 4.70. The van der Waals surface area contributed by atoms with Gasteiger partial charge >= 0.3 is 0 Å². The molecule has 0 amide bonds. The van der Waals surface area contributed by atoms with Crippen LogP contribution >= 0.6 is 0 Å². The Labute approximate surface area is 109 Å². The lowest BCUT2D eigenvalue weighted by atomic mass is 9.77. The average molecular weight is 240 g/mol. The summed E-state index contributed by atoms with van der Waals surface area (Å²) in [6.45, 7) is 13.2. The van der Waals surface area contributed by atoms with Crippen LogP contribution in [0.4, 0.5) is 11.4 Å². The van der Waals surface area contributed by atoms with Crippen molar-refractivity contribution < 1.29 is 0 Å². The van der Waals surface area contributed by atoms with Gasteiger partial charge in [0.15, 0.2) is 0 Å². The standard InChI is InChI=1S/C16H20N2/c1-9-15(3,4)11-7-12-14(8-13(11)17-9)18-10(2)16(12,5)6/h7-8H,1-6H3. The zero-order chi connectivity index (χ0) is 13.3. The third-order valence-electron chi connectivity index (χ3n) is 4.85. The lowest BCUT2D eigenvalue weighted by Gasteiger charge is -2.24. The van der Waals surface area contributed by atoms with Crippen molar-refractivity contribution in [3.05, 3.63) is 23.3 Å². The van der Waals surface area contributed by atoms with Crippen LogP contribution in [0.3, 0.4) is 0 Å². The average Bonchev–Trinajstić information content (AvgIpc) is 2.60. The molecule has 0 radical (unpaired) electrons. The van der Waals surface area contributed by atoms with Gasteiger partial charge in [-0.2, -0.15) is 0 Å².